The molecule has 154 valence electrons. The molecule has 0 fully saturated rings. The highest BCUT2D eigenvalue weighted by Gasteiger charge is 2.19. The summed E-state index contributed by atoms with van der Waals surface area (Å²) in [4.78, 5) is 28.9. The van der Waals surface area contributed by atoms with Gasteiger partial charge in [-0.1, -0.05) is 46.6 Å². The first-order chi connectivity index (χ1) is 13.0. The lowest BCUT2D eigenvalue weighted by molar-refractivity contribution is 0.0691. The molecule has 0 saturated carbocycles. The van der Waals surface area contributed by atoms with Crippen LogP contribution in [0.3, 0.4) is 0 Å². The maximum atomic E-state index is 10.5. The molecule has 0 atom stereocenters. The van der Waals surface area contributed by atoms with E-state index < -0.39 is 11.7 Å². The molecule has 0 aliphatic heterocycles. The van der Waals surface area contributed by atoms with Crippen molar-refractivity contribution < 1.29 is 9.90 Å². The van der Waals surface area contributed by atoms with Crippen LogP contribution in [0.5, 0.6) is 0 Å². The third-order valence-corrected chi connectivity index (χ3v) is 5.04. The minimum absolute atomic E-state index is 0.0448. The Morgan fingerprint density at radius 2 is 1.68 bits per heavy atom. The SMILES string of the molecule is CSc1ncnc(N(C(C)C)C(C)C)n1.Nc1c(Cl)c(Cl)nc(C(=O)O)c1Cl. The largest absolute Gasteiger partial charge is 0.476 e. The highest BCUT2D eigenvalue weighted by atomic mass is 35.5. The summed E-state index contributed by atoms with van der Waals surface area (Å²) < 4.78 is 0. The summed E-state index contributed by atoms with van der Waals surface area (Å²) in [6.45, 7) is 8.57. The van der Waals surface area contributed by atoms with E-state index in [-0.39, 0.29) is 20.9 Å². The molecule has 0 unspecified atom stereocenters. The maximum absolute atomic E-state index is 10.5. The Balaban J connectivity index is 0.000000283. The normalized spacial score (nSPS) is 10.6. The first-order valence-electron chi connectivity index (χ1n) is 8.05. The van der Waals surface area contributed by atoms with Crippen LogP contribution in [0.15, 0.2) is 11.5 Å². The van der Waals surface area contributed by atoms with Crippen LogP contribution in [0, 0.1) is 0 Å². The number of aromatic nitrogens is 4. The fraction of sp³-hybridized carbons (Fsp3) is 0.438. The smallest absolute Gasteiger partial charge is 0.356 e. The number of nitrogens with two attached hydrogens (primary N) is 1. The predicted molar refractivity (Wildman–Crippen MR) is 115 cm³/mol. The van der Waals surface area contributed by atoms with Crippen LogP contribution < -0.4 is 10.6 Å². The molecule has 12 heteroatoms. The number of halogens is 3. The van der Waals surface area contributed by atoms with Gasteiger partial charge in [0.15, 0.2) is 16.0 Å². The van der Waals surface area contributed by atoms with Crippen LogP contribution in [-0.2, 0) is 0 Å². The van der Waals surface area contributed by atoms with Crippen LogP contribution in [0.2, 0.25) is 15.2 Å². The molecule has 2 aromatic heterocycles. The van der Waals surface area contributed by atoms with Crippen LogP contribution in [0.25, 0.3) is 0 Å². The molecule has 0 aliphatic carbocycles. The van der Waals surface area contributed by atoms with Gasteiger partial charge in [0.2, 0.25) is 5.95 Å². The summed E-state index contributed by atoms with van der Waals surface area (Å²) in [5.74, 6) is -0.547. The molecular weight excluding hydrogens is 447 g/mol. The van der Waals surface area contributed by atoms with E-state index in [1.165, 1.54) is 11.8 Å². The number of carboxylic acids is 1. The number of hydrogen-bond acceptors (Lipinski definition) is 8. The highest BCUT2D eigenvalue weighted by Crippen LogP contribution is 2.34. The molecule has 0 aliphatic rings. The number of thioether (sulfide) groups is 1. The summed E-state index contributed by atoms with van der Waals surface area (Å²) in [6.07, 6.45) is 3.54. The summed E-state index contributed by atoms with van der Waals surface area (Å²) >= 11 is 18.1. The van der Waals surface area contributed by atoms with Gasteiger partial charge in [-0.15, -0.1) is 0 Å². The molecule has 0 aromatic carbocycles. The topological polar surface area (TPSA) is 118 Å². The van der Waals surface area contributed by atoms with E-state index in [1.807, 2.05) is 6.26 Å². The van der Waals surface area contributed by atoms with Crippen molar-refractivity contribution in [1.29, 1.82) is 0 Å². The fourth-order valence-electron chi connectivity index (χ4n) is 2.23. The van der Waals surface area contributed by atoms with Gasteiger partial charge in [-0.2, -0.15) is 4.98 Å². The van der Waals surface area contributed by atoms with Gasteiger partial charge >= 0.3 is 5.97 Å². The van der Waals surface area contributed by atoms with Crippen molar-refractivity contribution in [3.05, 3.63) is 27.2 Å². The molecule has 0 spiro atoms. The Kier molecular flexibility index (Phi) is 9.49. The van der Waals surface area contributed by atoms with Crippen molar-refractivity contribution in [1.82, 2.24) is 19.9 Å². The average Bonchev–Trinajstić information content (AvgIpc) is 2.63. The molecule has 2 heterocycles. The summed E-state index contributed by atoms with van der Waals surface area (Å²) in [7, 11) is 0. The molecule has 8 nitrogen and oxygen atoms in total. The van der Waals surface area contributed by atoms with Crippen molar-refractivity contribution in [2.45, 2.75) is 44.9 Å². The monoisotopic (exact) mass is 466 g/mol. The van der Waals surface area contributed by atoms with Gasteiger partial charge in [-0.25, -0.2) is 19.7 Å². The van der Waals surface area contributed by atoms with Crippen LogP contribution in [-0.4, -0.2) is 49.4 Å². The summed E-state index contributed by atoms with van der Waals surface area (Å²) in [6, 6.07) is 0.782. The lowest BCUT2D eigenvalue weighted by Gasteiger charge is -2.30. The zero-order valence-electron chi connectivity index (χ0n) is 15.9. The lowest BCUT2D eigenvalue weighted by Crippen LogP contribution is -2.38. The minimum atomic E-state index is -1.31. The van der Waals surface area contributed by atoms with Crippen molar-refractivity contribution in [3.8, 4) is 0 Å². The molecule has 28 heavy (non-hydrogen) atoms. The molecule has 0 saturated heterocycles. The second-order valence-electron chi connectivity index (χ2n) is 5.96. The average molecular weight is 468 g/mol. The Hall–Kier alpha value is -1.55. The summed E-state index contributed by atoms with van der Waals surface area (Å²) in [5, 5.41) is 8.94. The van der Waals surface area contributed by atoms with Gasteiger partial charge in [-0.05, 0) is 34.0 Å². The fourth-order valence-corrected chi connectivity index (χ4v) is 3.14. The number of nitrogen functional groups attached to an aromatic ring is 1. The molecule has 0 amide bonds. The number of carboxylic acid groups (broad SMARTS) is 1. The maximum Gasteiger partial charge on any atom is 0.356 e. The Morgan fingerprint density at radius 3 is 2.14 bits per heavy atom. The van der Waals surface area contributed by atoms with E-state index in [0.29, 0.717) is 12.1 Å². The molecule has 0 radical (unpaired) electrons. The highest BCUT2D eigenvalue weighted by molar-refractivity contribution is 7.98. The third kappa shape index (κ3) is 6.23. The number of hydrogen-bond donors (Lipinski definition) is 2. The first-order valence-corrected chi connectivity index (χ1v) is 10.4. The van der Waals surface area contributed by atoms with E-state index in [1.54, 1.807) is 6.33 Å². The van der Waals surface area contributed by atoms with Crippen LogP contribution in [0.4, 0.5) is 11.6 Å². The number of pyridine rings is 1. The van der Waals surface area contributed by atoms with Gasteiger partial charge in [-0.3, -0.25) is 0 Å². The van der Waals surface area contributed by atoms with Crippen molar-refractivity contribution in [2.24, 2.45) is 0 Å². The molecule has 2 aromatic rings. The van der Waals surface area contributed by atoms with E-state index in [9.17, 15) is 4.79 Å². The van der Waals surface area contributed by atoms with Gasteiger partial charge in [0.1, 0.15) is 11.3 Å². The number of nitrogens with zero attached hydrogens (tertiary/aromatic N) is 5. The standard InChI is InChI=1S/C10H18N4S.C6H3Cl3N2O2/c1-7(2)14(8(3)4)9-11-6-12-10(13-9)15-5;7-1-3(10)2(8)5(9)11-4(1)6(12)13/h6-8H,1-5H3;(H2,10,11)(H,12,13). The molecule has 2 rings (SSSR count). The number of anilines is 2. The van der Waals surface area contributed by atoms with E-state index in [2.05, 4.69) is 52.5 Å². The molecular formula is C16H21Cl3N6O2S. The van der Waals surface area contributed by atoms with Crippen molar-refractivity contribution >= 4 is 64.2 Å². The number of aromatic carboxylic acids is 1. The predicted octanol–water partition coefficient (Wildman–Crippen LogP) is 4.54. The van der Waals surface area contributed by atoms with Crippen molar-refractivity contribution in [3.63, 3.8) is 0 Å². The van der Waals surface area contributed by atoms with Crippen LogP contribution in [0.1, 0.15) is 38.2 Å². The number of carbonyl (C=O) groups is 1. The van der Waals surface area contributed by atoms with Gasteiger partial charge in [0, 0.05) is 12.1 Å². The minimum Gasteiger partial charge on any atom is -0.476 e. The van der Waals surface area contributed by atoms with Crippen molar-refractivity contribution in [2.75, 3.05) is 16.9 Å². The van der Waals surface area contributed by atoms with E-state index in [0.717, 1.165) is 11.1 Å². The molecule has 0 bridgehead atoms. The second kappa shape index (κ2) is 10.8. The Morgan fingerprint density at radius 1 is 1.11 bits per heavy atom. The zero-order valence-corrected chi connectivity index (χ0v) is 19.0. The zero-order chi connectivity index (χ0) is 21.6. The van der Waals surface area contributed by atoms with Gasteiger partial charge < -0.3 is 15.7 Å². The van der Waals surface area contributed by atoms with E-state index in [4.69, 9.17) is 45.6 Å². The number of rotatable bonds is 5. The van der Waals surface area contributed by atoms with Crippen LogP contribution >= 0.6 is 46.6 Å². The Bertz CT molecular complexity index is 830. The molecule has 3 N–H and O–H groups in total. The lowest BCUT2D eigenvalue weighted by atomic mass is 10.2. The van der Waals surface area contributed by atoms with E-state index >= 15 is 0 Å². The van der Waals surface area contributed by atoms with Gasteiger partial charge in [0.05, 0.1) is 10.7 Å². The second-order valence-corrected chi connectivity index (χ2v) is 7.85. The quantitative estimate of drug-likeness (QED) is 0.482. The van der Waals surface area contributed by atoms with Gasteiger partial charge in [0.25, 0.3) is 0 Å². The Labute approximate surface area is 182 Å². The first kappa shape index (κ1) is 24.5. The third-order valence-electron chi connectivity index (χ3n) is 3.34. The summed E-state index contributed by atoms with van der Waals surface area (Å²) in [5.41, 5.74) is 4.88.